The molecule has 2 aromatic rings. The van der Waals surface area contributed by atoms with Crippen molar-refractivity contribution in [3.05, 3.63) is 61.3 Å². The van der Waals surface area contributed by atoms with Gasteiger partial charge in [0.1, 0.15) is 5.82 Å². The van der Waals surface area contributed by atoms with Gasteiger partial charge < -0.3 is 0 Å². The van der Waals surface area contributed by atoms with Crippen LogP contribution in [0.15, 0.2) is 29.2 Å². The van der Waals surface area contributed by atoms with Crippen molar-refractivity contribution in [1.82, 2.24) is 0 Å². The van der Waals surface area contributed by atoms with Crippen LogP contribution in [0.1, 0.15) is 27.6 Å². The molecule has 0 N–H and O–H groups in total. The van der Waals surface area contributed by atoms with Crippen LogP contribution in [0.4, 0.5) is 4.39 Å². The lowest BCUT2D eigenvalue weighted by Crippen LogP contribution is -2.00. The van der Waals surface area contributed by atoms with E-state index in [9.17, 15) is 14.0 Å². The molecule has 0 heterocycles. The van der Waals surface area contributed by atoms with Gasteiger partial charge in [0.15, 0.2) is 5.78 Å². The highest BCUT2D eigenvalue weighted by Crippen LogP contribution is 2.36. The van der Waals surface area contributed by atoms with Gasteiger partial charge in [-0.25, -0.2) is 4.39 Å². The predicted molar refractivity (Wildman–Crippen MR) is 93.1 cm³/mol. The monoisotopic (exact) mass is 410 g/mol. The minimum absolute atomic E-state index is 0.00497. The third-order valence-corrected chi connectivity index (χ3v) is 5.22. The van der Waals surface area contributed by atoms with E-state index in [0.717, 1.165) is 12.1 Å². The van der Waals surface area contributed by atoms with E-state index in [-0.39, 0.29) is 41.9 Å². The SMILES string of the molecule is CC(=O)c1cc(Cl)cc(SC(=O)c2cc(Cl)c(Cl)cc2F)c1Cl. The van der Waals surface area contributed by atoms with Gasteiger partial charge in [0.2, 0.25) is 5.12 Å². The van der Waals surface area contributed by atoms with Gasteiger partial charge in [0.05, 0.1) is 20.6 Å². The highest BCUT2D eigenvalue weighted by atomic mass is 35.5. The Morgan fingerprint density at radius 3 is 2.17 bits per heavy atom. The summed E-state index contributed by atoms with van der Waals surface area (Å²) in [5, 5.41) is -0.256. The zero-order valence-corrected chi connectivity index (χ0v) is 15.3. The fourth-order valence-electron chi connectivity index (χ4n) is 1.73. The summed E-state index contributed by atoms with van der Waals surface area (Å²) < 4.78 is 13.9. The van der Waals surface area contributed by atoms with Gasteiger partial charge in [-0.15, -0.1) is 0 Å². The van der Waals surface area contributed by atoms with Gasteiger partial charge in [-0.1, -0.05) is 46.4 Å². The molecule has 0 unspecified atom stereocenters. The number of ketones is 1. The Morgan fingerprint density at radius 2 is 1.57 bits per heavy atom. The second kappa shape index (κ2) is 7.41. The van der Waals surface area contributed by atoms with E-state index >= 15 is 0 Å². The van der Waals surface area contributed by atoms with Crippen molar-refractivity contribution >= 4 is 69.1 Å². The molecule has 120 valence electrons. The quantitative estimate of drug-likeness (QED) is 0.325. The number of Topliss-reactive ketones (excluding diaryl/α,β-unsaturated/α-hetero) is 1. The summed E-state index contributed by atoms with van der Waals surface area (Å²) in [6.45, 7) is 1.33. The minimum atomic E-state index is -0.804. The van der Waals surface area contributed by atoms with Gasteiger partial charge in [-0.05, 0) is 43.0 Å². The fourth-order valence-corrected chi connectivity index (χ4v) is 3.53. The molecule has 2 nitrogen and oxygen atoms in total. The van der Waals surface area contributed by atoms with Gasteiger partial charge >= 0.3 is 0 Å². The van der Waals surface area contributed by atoms with Crippen molar-refractivity contribution in [3.8, 4) is 0 Å². The molecule has 0 saturated carbocycles. The molecule has 0 aromatic heterocycles. The van der Waals surface area contributed by atoms with Crippen molar-refractivity contribution < 1.29 is 14.0 Å². The van der Waals surface area contributed by atoms with Crippen molar-refractivity contribution in [2.45, 2.75) is 11.8 Å². The first-order valence-corrected chi connectivity index (χ1v) is 8.40. The third-order valence-electron chi connectivity index (χ3n) is 2.82. The van der Waals surface area contributed by atoms with E-state index in [1.165, 1.54) is 19.1 Å². The van der Waals surface area contributed by atoms with Crippen LogP contribution in [-0.2, 0) is 0 Å². The molecule has 2 aromatic carbocycles. The van der Waals surface area contributed by atoms with Crippen LogP contribution in [0.25, 0.3) is 0 Å². The summed E-state index contributed by atoms with van der Waals surface area (Å²) >= 11 is 24.2. The number of thioether (sulfide) groups is 1. The first-order chi connectivity index (χ1) is 10.7. The summed E-state index contributed by atoms with van der Waals surface area (Å²) in [6.07, 6.45) is 0. The number of hydrogen-bond acceptors (Lipinski definition) is 3. The molecular weight excluding hydrogens is 405 g/mol. The highest BCUT2D eigenvalue weighted by Gasteiger charge is 2.20. The van der Waals surface area contributed by atoms with Crippen molar-refractivity contribution in [3.63, 3.8) is 0 Å². The molecular formula is C15H7Cl4FO2S. The zero-order valence-electron chi connectivity index (χ0n) is 11.4. The Bertz CT molecular complexity index is 824. The van der Waals surface area contributed by atoms with Crippen molar-refractivity contribution in [2.75, 3.05) is 0 Å². The van der Waals surface area contributed by atoms with Crippen LogP contribution in [0.2, 0.25) is 20.1 Å². The van der Waals surface area contributed by atoms with Crippen molar-refractivity contribution in [1.29, 1.82) is 0 Å². The van der Waals surface area contributed by atoms with E-state index in [1.54, 1.807) is 0 Å². The number of rotatable bonds is 3. The van der Waals surface area contributed by atoms with Crippen LogP contribution in [0.3, 0.4) is 0 Å². The van der Waals surface area contributed by atoms with E-state index < -0.39 is 10.9 Å². The van der Waals surface area contributed by atoms with Crippen LogP contribution in [-0.4, -0.2) is 10.9 Å². The average molecular weight is 412 g/mol. The number of hydrogen-bond donors (Lipinski definition) is 0. The van der Waals surface area contributed by atoms with Crippen LogP contribution >= 0.6 is 58.2 Å². The third kappa shape index (κ3) is 4.20. The van der Waals surface area contributed by atoms with E-state index in [4.69, 9.17) is 46.4 Å². The summed E-state index contributed by atoms with van der Waals surface area (Å²) in [5.74, 6) is -1.10. The molecule has 0 saturated heterocycles. The summed E-state index contributed by atoms with van der Waals surface area (Å²) in [7, 11) is 0. The van der Waals surface area contributed by atoms with Gasteiger partial charge in [-0.3, -0.25) is 9.59 Å². The normalized spacial score (nSPS) is 10.7. The standard InChI is InChI=1S/C15H7Cl4FO2S/c1-6(21)8-2-7(16)3-13(14(8)19)23-15(22)9-4-10(17)11(18)5-12(9)20/h2-5H,1H3. The predicted octanol–water partition coefficient (Wildman–Crippen LogP) is 6.57. The first kappa shape index (κ1) is 18.6. The highest BCUT2D eigenvalue weighted by molar-refractivity contribution is 8.14. The minimum Gasteiger partial charge on any atom is -0.294 e. The summed E-state index contributed by atoms with van der Waals surface area (Å²) in [6, 6.07) is 4.92. The van der Waals surface area contributed by atoms with Gasteiger partial charge in [0.25, 0.3) is 0 Å². The number of halogens is 5. The maximum Gasteiger partial charge on any atom is 0.227 e. The van der Waals surface area contributed by atoms with E-state index in [0.29, 0.717) is 11.8 Å². The molecule has 0 aliphatic rings. The largest absolute Gasteiger partial charge is 0.294 e. The lowest BCUT2D eigenvalue weighted by molar-refractivity contribution is 0.101. The molecule has 23 heavy (non-hydrogen) atoms. The zero-order chi connectivity index (χ0) is 17.3. The molecule has 0 aliphatic heterocycles. The van der Waals surface area contributed by atoms with Crippen LogP contribution in [0, 0.1) is 5.82 Å². The number of benzene rings is 2. The molecule has 0 atom stereocenters. The Balaban J connectivity index is 2.42. The Hall–Kier alpha value is -0.780. The molecule has 8 heteroatoms. The lowest BCUT2D eigenvalue weighted by atomic mass is 10.1. The Morgan fingerprint density at radius 1 is 0.957 bits per heavy atom. The summed E-state index contributed by atoms with van der Waals surface area (Å²) in [4.78, 5) is 24.1. The maximum absolute atomic E-state index is 13.9. The maximum atomic E-state index is 13.9. The van der Waals surface area contributed by atoms with Gasteiger partial charge in [-0.2, -0.15) is 0 Å². The molecule has 0 aliphatic carbocycles. The lowest BCUT2D eigenvalue weighted by Gasteiger charge is -2.09. The molecule has 0 spiro atoms. The second-order valence-corrected chi connectivity index (χ2v) is 7.10. The Kier molecular flexibility index (Phi) is 5.98. The Labute approximate surface area is 155 Å². The van der Waals surface area contributed by atoms with Crippen molar-refractivity contribution in [2.24, 2.45) is 0 Å². The molecule has 0 fully saturated rings. The van der Waals surface area contributed by atoms with E-state index in [2.05, 4.69) is 0 Å². The molecule has 0 radical (unpaired) electrons. The molecule has 2 rings (SSSR count). The van der Waals surface area contributed by atoms with Crippen LogP contribution in [0.5, 0.6) is 0 Å². The first-order valence-electron chi connectivity index (χ1n) is 6.07. The van der Waals surface area contributed by atoms with E-state index in [1.807, 2.05) is 0 Å². The number of carbonyl (C=O) groups is 2. The molecule has 0 bridgehead atoms. The summed E-state index contributed by atoms with van der Waals surface area (Å²) in [5.41, 5.74) is -0.0612. The topological polar surface area (TPSA) is 34.1 Å². The second-order valence-electron chi connectivity index (χ2n) is 4.46. The average Bonchev–Trinajstić information content (AvgIpc) is 2.45. The van der Waals surface area contributed by atoms with Gasteiger partial charge in [0, 0.05) is 15.5 Å². The van der Waals surface area contributed by atoms with Crippen LogP contribution < -0.4 is 0 Å². The fraction of sp³-hybridized carbons (Fsp3) is 0.0667. The number of carbonyl (C=O) groups excluding carboxylic acids is 2. The smallest absolute Gasteiger partial charge is 0.227 e. The molecule has 0 amide bonds.